The third kappa shape index (κ3) is 3.82. The second-order valence-corrected chi connectivity index (χ2v) is 6.92. The number of pyridine rings is 1. The first-order chi connectivity index (χ1) is 12.7. The van der Waals surface area contributed by atoms with Gasteiger partial charge in [-0.1, -0.05) is 29.8 Å². The van der Waals surface area contributed by atoms with E-state index in [-0.39, 0.29) is 11.8 Å². The summed E-state index contributed by atoms with van der Waals surface area (Å²) < 4.78 is 1.86. The Hall–Kier alpha value is -2.95. The fourth-order valence-corrected chi connectivity index (χ4v) is 3.32. The van der Waals surface area contributed by atoms with Gasteiger partial charge in [0.05, 0.1) is 0 Å². The van der Waals surface area contributed by atoms with E-state index in [1.54, 1.807) is 12.4 Å². The number of aryl methyl sites for hydroxylation is 3. The molecule has 0 bridgehead atoms. The summed E-state index contributed by atoms with van der Waals surface area (Å²) in [5.41, 5.74) is 3.72. The molecule has 4 rings (SSSR count). The predicted octanol–water partition coefficient (Wildman–Crippen LogP) is 3.57. The fourth-order valence-electron chi connectivity index (χ4n) is 3.32. The molecule has 1 amide bonds. The zero-order valence-corrected chi connectivity index (χ0v) is 14.8. The number of nitrogens with zero attached hydrogens (tertiary/aromatic N) is 3. The second-order valence-electron chi connectivity index (χ2n) is 6.92. The van der Waals surface area contributed by atoms with Crippen molar-refractivity contribution in [2.45, 2.75) is 32.2 Å². The number of amides is 1. The molecule has 0 unspecified atom stereocenters. The third-order valence-corrected chi connectivity index (χ3v) is 4.87. The normalized spacial score (nSPS) is 18.5. The Morgan fingerprint density at radius 2 is 2.08 bits per heavy atom. The van der Waals surface area contributed by atoms with Gasteiger partial charge in [-0.2, -0.15) is 5.10 Å². The Morgan fingerprint density at radius 1 is 1.23 bits per heavy atom. The summed E-state index contributed by atoms with van der Waals surface area (Å²) in [6, 6.07) is 14.3. The van der Waals surface area contributed by atoms with Crippen LogP contribution in [0.3, 0.4) is 0 Å². The van der Waals surface area contributed by atoms with Gasteiger partial charge in [0.15, 0.2) is 5.82 Å². The molecular weight excluding hydrogens is 324 g/mol. The number of carbonyl (C=O) groups is 1. The molecule has 26 heavy (non-hydrogen) atoms. The molecule has 0 aliphatic heterocycles. The van der Waals surface area contributed by atoms with Gasteiger partial charge in [-0.15, -0.1) is 0 Å². The van der Waals surface area contributed by atoms with Crippen molar-refractivity contribution >= 4 is 11.7 Å². The van der Waals surface area contributed by atoms with Crippen LogP contribution in [-0.4, -0.2) is 20.7 Å². The van der Waals surface area contributed by atoms with E-state index in [0.29, 0.717) is 11.7 Å². The Kier molecular flexibility index (Phi) is 4.52. The van der Waals surface area contributed by atoms with E-state index in [1.807, 2.05) is 29.1 Å². The summed E-state index contributed by atoms with van der Waals surface area (Å²) in [5.74, 6) is 1.08. The van der Waals surface area contributed by atoms with E-state index < -0.39 is 0 Å². The number of anilines is 1. The van der Waals surface area contributed by atoms with Crippen LogP contribution in [0, 0.1) is 12.8 Å². The van der Waals surface area contributed by atoms with Gasteiger partial charge in [0.2, 0.25) is 5.91 Å². The van der Waals surface area contributed by atoms with Crippen LogP contribution in [0.4, 0.5) is 5.82 Å². The molecular formula is C21H22N4O. The van der Waals surface area contributed by atoms with Gasteiger partial charge in [0.25, 0.3) is 0 Å². The standard InChI is InChI=1S/C21H22N4O/c1-15-3-2-4-17(13-15)18-14-19(18)21(26)23-20-8-12-25(24-20)11-7-16-5-9-22-10-6-16/h2-6,8-10,12-13,18-19H,7,11,14H2,1H3,(H,23,24,26)/t18-,19+/m0/s1. The molecule has 0 saturated heterocycles. The highest BCUT2D eigenvalue weighted by Crippen LogP contribution is 2.48. The van der Waals surface area contributed by atoms with Crippen LogP contribution in [-0.2, 0) is 17.8 Å². The van der Waals surface area contributed by atoms with Crippen molar-refractivity contribution in [3.8, 4) is 0 Å². The van der Waals surface area contributed by atoms with Crippen molar-refractivity contribution in [3.63, 3.8) is 0 Å². The summed E-state index contributed by atoms with van der Waals surface area (Å²) >= 11 is 0. The van der Waals surface area contributed by atoms with Crippen LogP contribution >= 0.6 is 0 Å². The van der Waals surface area contributed by atoms with Crippen molar-refractivity contribution in [1.82, 2.24) is 14.8 Å². The molecule has 2 aromatic heterocycles. The quantitative estimate of drug-likeness (QED) is 0.742. The van der Waals surface area contributed by atoms with Crippen LogP contribution in [0.15, 0.2) is 61.1 Å². The van der Waals surface area contributed by atoms with E-state index in [9.17, 15) is 4.79 Å². The molecule has 1 saturated carbocycles. The largest absolute Gasteiger partial charge is 0.309 e. The Morgan fingerprint density at radius 3 is 2.88 bits per heavy atom. The fraction of sp³-hybridized carbons (Fsp3) is 0.286. The van der Waals surface area contributed by atoms with Crippen LogP contribution in [0.2, 0.25) is 0 Å². The summed E-state index contributed by atoms with van der Waals surface area (Å²) in [6.07, 6.45) is 7.30. The molecule has 5 nitrogen and oxygen atoms in total. The molecule has 5 heteroatoms. The highest BCUT2D eigenvalue weighted by molar-refractivity contribution is 5.94. The topological polar surface area (TPSA) is 59.8 Å². The van der Waals surface area contributed by atoms with Crippen LogP contribution in [0.25, 0.3) is 0 Å². The highest BCUT2D eigenvalue weighted by atomic mass is 16.2. The minimum Gasteiger partial charge on any atom is -0.309 e. The second kappa shape index (κ2) is 7.12. The number of rotatable bonds is 6. The molecule has 1 aliphatic carbocycles. The highest BCUT2D eigenvalue weighted by Gasteiger charge is 2.44. The molecule has 3 aromatic rings. The van der Waals surface area contributed by atoms with E-state index in [4.69, 9.17) is 0 Å². The van der Waals surface area contributed by atoms with Crippen molar-refractivity contribution in [2.75, 3.05) is 5.32 Å². The van der Waals surface area contributed by atoms with Gasteiger partial charge in [-0.25, -0.2) is 0 Å². The monoisotopic (exact) mass is 346 g/mol. The first-order valence-electron chi connectivity index (χ1n) is 8.99. The Balaban J connectivity index is 1.31. The lowest BCUT2D eigenvalue weighted by atomic mass is 10.1. The summed E-state index contributed by atoms with van der Waals surface area (Å²) in [5, 5.41) is 7.41. The predicted molar refractivity (Wildman–Crippen MR) is 101 cm³/mol. The first kappa shape index (κ1) is 16.5. The Bertz CT molecular complexity index is 903. The van der Waals surface area contributed by atoms with Crippen molar-refractivity contribution in [2.24, 2.45) is 5.92 Å². The maximum Gasteiger partial charge on any atom is 0.229 e. The maximum atomic E-state index is 12.5. The number of carbonyl (C=O) groups excluding carboxylic acids is 1. The molecule has 2 heterocycles. The lowest BCUT2D eigenvalue weighted by molar-refractivity contribution is -0.117. The van der Waals surface area contributed by atoms with E-state index >= 15 is 0 Å². The first-order valence-corrected chi connectivity index (χ1v) is 8.99. The molecule has 1 N–H and O–H groups in total. The van der Waals surface area contributed by atoms with Crippen LogP contribution < -0.4 is 5.32 Å². The minimum absolute atomic E-state index is 0.0544. The molecule has 1 aliphatic rings. The Labute approximate surface area is 153 Å². The van der Waals surface area contributed by atoms with Crippen LogP contribution in [0.5, 0.6) is 0 Å². The molecule has 0 radical (unpaired) electrons. The van der Waals surface area contributed by atoms with Crippen LogP contribution in [0.1, 0.15) is 29.0 Å². The van der Waals surface area contributed by atoms with E-state index in [2.05, 4.69) is 46.6 Å². The zero-order chi connectivity index (χ0) is 17.9. The van der Waals surface area contributed by atoms with Gasteiger partial charge < -0.3 is 5.32 Å². The van der Waals surface area contributed by atoms with Crippen molar-refractivity contribution in [3.05, 3.63) is 77.7 Å². The molecule has 1 fully saturated rings. The van der Waals surface area contributed by atoms with Crippen molar-refractivity contribution < 1.29 is 4.79 Å². The van der Waals surface area contributed by atoms with E-state index in [0.717, 1.165) is 19.4 Å². The molecule has 1 aromatic carbocycles. The smallest absolute Gasteiger partial charge is 0.229 e. The van der Waals surface area contributed by atoms with Gasteiger partial charge in [-0.3, -0.25) is 14.5 Å². The number of aromatic nitrogens is 3. The van der Waals surface area contributed by atoms with Gasteiger partial charge in [-0.05, 0) is 48.9 Å². The average molecular weight is 346 g/mol. The summed E-state index contributed by atoms with van der Waals surface area (Å²) in [6.45, 7) is 2.86. The maximum absolute atomic E-state index is 12.5. The van der Waals surface area contributed by atoms with E-state index in [1.165, 1.54) is 16.7 Å². The molecule has 132 valence electrons. The zero-order valence-electron chi connectivity index (χ0n) is 14.8. The van der Waals surface area contributed by atoms with Gasteiger partial charge in [0, 0.05) is 37.1 Å². The number of benzene rings is 1. The average Bonchev–Trinajstić information content (AvgIpc) is 3.35. The third-order valence-electron chi connectivity index (χ3n) is 4.87. The molecule has 2 atom stereocenters. The van der Waals surface area contributed by atoms with Crippen molar-refractivity contribution in [1.29, 1.82) is 0 Å². The minimum atomic E-state index is 0.0544. The summed E-state index contributed by atoms with van der Waals surface area (Å²) in [4.78, 5) is 16.5. The summed E-state index contributed by atoms with van der Waals surface area (Å²) in [7, 11) is 0. The number of hydrogen-bond donors (Lipinski definition) is 1. The van der Waals surface area contributed by atoms with Gasteiger partial charge >= 0.3 is 0 Å². The SMILES string of the molecule is Cc1cccc([C@@H]2C[C@H]2C(=O)Nc2ccn(CCc3ccncc3)n2)c1. The molecule has 0 spiro atoms. The lowest BCUT2D eigenvalue weighted by Crippen LogP contribution is -2.15. The lowest BCUT2D eigenvalue weighted by Gasteiger charge is -2.04. The number of nitrogens with one attached hydrogen (secondary N) is 1. The number of hydrogen-bond acceptors (Lipinski definition) is 3. The van der Waals surface area contributed by atoms with Gasteiger partial charge in [0.1, 0.15) is 0 Å².